The molecule has 0 aliphatic carbocycles. The first-order chi connectivity index (χ1) is 8.09. The minimum Gasteiger partial charge on any atom is -0.393 e. The normalized spacial score (nSPS) is 14.1. The van der Waals surface area contributed by atoms with Crippen LogP contribution in [0.4, 0.5) is 4.79 Å². The molecule has 1 aromatic heterocycles. The van der Waals surface area contributed by atoms with Gasteiger partial charge in [-0.25, -0.2) is 4.79 Å². The lowest BCUT2D eigenvalue weighted by Crippen LogP contribution is -2.38. The average molecular weight is 256 g/mol. The van der Waals surface area contributed by atoms with Crippen molar-refractivity contribution in [3.05, 3.63) is 22.4 Å². The predicted octanol–water partition coefficient (Wildman–Crippen LogP) is 1.92. The Morgan fingerprint density at radius 1 is 1.47 bits per heavy atom. The molecule has 3 N–H and O–H groups in total. The highest BCUT2D eigenvalue weighted by Crippen LogP contribution is 2.19. The van der Waals surface area contributed by atoms with Crippen molar-refractivity contribution in [3.8, 4) is 0 Å². The van der Waals surface area contributed by atoms with Gasteiger partial charge in [0.2, 0.25) is 0 Å². The lowest BCUT2D eigenvalue weighted by atomic mass is 10.1. The zero-order valence-corrected chi connectivity index (χ0v) is 11.1. The van der Waals surface area contributed by atoms with Crippen LogP contribution in [-0.2, 0) is 0 Å². The Morgan fingerprint density at radius 2 is 2.24 bits per heavy atom. The number of nitrogens with one attached hydrogen (secondary N) is 2. The Hall–Kier alpha value is -1.07. The van der Waals surface area contributed by atoms with Crippen molar-refractivity contribution < 1.29 is 9.90 Å². The van der Waals surface area contributed by atoms with E-state index in [2.05, 4.69) is 23.6 Å². The zero-order valence-electron chi connectivity index (χ0n) is 10.3. The third-order valence-electron chi connectivity index (χ3n) is 2.45. The second kappa shape index (κ2) is 7.29. The maximum absolute atomic E-state index is 11.4. The van der Waals surface area contributed by atoms with Gasteiger partial charge in [-0.2, -0.15) is 0 Å². The predicted molar refractivity (Wildman–Crippen MR) is 70.4 cm³/mol. The van der Waals surface area contributed by atoms with E-state index in [0.29, 0.717) is 25.4 Å². The molecular formula is C12H20N2O2S. The summed E-state index contributed by atoms with van der Waals surface area (Å²) < 4.78 is 0. The molecule has 0 bridgehead atoms. The Bertz CT molecular complexity index is 325. The third kappa shape index (κ3) is 5.70. The molecule has 0 radical (unpaired) electrons. The van der Waals surface area contributed by atoms with Gasteiger partial charge in [0.25, 0.3) is 0 Å². The first-order valence-corrected chi connectivity index (χ1v) is 6.70. The van der Waals surface area contributed by atoms with Crippen molar-refractivity contribution in [2.45, 2.75) is 32.3 Å². The Kier molecular flexibility index (Phi) is 6.00. The monoisotopic (exact) mass is 256 g/mol. The maximum atomic E-state index is 11.4. The summed E-state index contributed by atoms with van der Waals surface area (Å²) in [5.74, 6) is 0.331. The molecule has 96 valence electrons. The Balaban J connectivity index is 2.15. The van der Waals surface area contributed by atoms with Gasteiger partial charge in [0.1, 0.15) is 0 Å². The number of aliphatic hydroxyl groups is 1. The van der Waals surface area contributed by atoms with Gasteiger partial charge < -0.3 is 15.7 Å². The minimum absolute atomic E-state index is 0.172. The number of thiophene rings is 1. The van der Waals surface area contributed by atoms with E-state index in [1.165, 1.54) is 4.88 Å². The van der Waals surface area contributed by atoms with Gasteiger partial charge in [-0.3, -0.25) is 0 Å². The average Bonchev–Trinajstić information content (AvgIpc) is 2.78. The quantitative estimate of drug-likeness (QED) is 0.728. The van der Waals surface area contributed by atoms with Crippen LogP contribution in [0.2, 0.25) is 0 Å². The number of hydrogen-bond acceptors (Lipinski definition) is 3. The summed E-state index contributed by atoms with van der Waals surface area (Å²) in [6.45, 7) is 4.91. The van der Waals surface area contributed by atoms with Gasteiger partial charge in [-0.15, -0.1) is 11.3 Å². The number of hydrogen-bond donors (Lipinski definition) is 3. The van der Waals surface area contributed by atoms with Crippen LogP contribution in [0.25, 0.3) is 0 Å². The van der Waals surface area contributed by atoms with Crippen molar-refractivity contribution in [2.24, 2.45) is 0 Å². The third-order valence-corrected chi connectivity index (χ3v) is 3.55. The summed E-state index contributed by atoms with van der Waals surface area (Å²) in [6.07, 6.45) is 0.203. The van der Waals surface area contributed by atoms with Crippen LogP contribution in [0.15, 0.2) is 17.5 Å². The lowest BCUT2D eigenvalue weighted by molar-refractivity contribution is 0.183. The van der Waals surface area contributed by atoms with Gasteiger partial charge >= 0.3 is 6.03 Å². The van der Waals surface area contributed by atoms with Gasteiger partial charge in [0.05, 0.1) is 6.10 Å². The van der Waals surface area contributed by atoms with Crippen LogP contribution in [0, 0.1) is 0 Å². The first kappa shape index (κ1) is 14.0. The van der Waals surface area contributed by atoms with E-state index in [1.54, 1.807) is 18.3 Å². The van der Waals surface area contributed by atoms with Crippen molar-refractivity contribution in [3.63, 3.8) is 0 Å². The highest BCUT2D eigenvalue weighted by atomic mass is 32.1. The van der Waals surface area contributed by atoms with Gasteiger partial charge in [-0.05, 0) is 24.8 Å². The molecule has 0 aliphatic heterocycles. The van der Waals surface area contributed by atoms with E-state index < -0.39 is 0 Å². The molecule has 1 rings (SSSR count). The summed E-state index contributed by atoms with van der Waals surface area (Å²) >= 11 is 1.70. The van der Waals surface area contributed by atoms with Crippen LogP contribution in [0.3, 0.4) is 0 Å². The molecular weight excluding hydrogens is 236 g/mol. The minimum atomic E-state index is -0.375. The Morgan fingerprint density at radius 3 is 2.82 bits per heavy atom. The van der Waals surface area contributed by atoms with Crippen LogP contribution < -0.4 is 10.6 Å². The summed E-state index contributed by atoms with van der Waals surface area (Å²) in [5.41, 5.74) is 0. The van der Waals surface area contributed by atoms with E-state index in [4.69, 9.17) is 5.11 Å². The second-order valence-electron chi connectivity index (χ2n) is 4.19. The van der Waals surface area contributed by atoms with E-state index >= 15 is 0 Å². The lowest BCUT2D eigenvalue weighted by Gasteiger charge is -2.12. The maximum Gasteiger partial charge on any atom is 0.314 e. The number of carbonyl (C=O) groups is 1. The first-order valence-electron chi connectivity index (χ1n) is 5.82. The molecule has 1 heterocycles. The van der Waals surface area contributed by atoms with Crippen LogP contribution in [0.1, 0.15) is 31.1 Å². The van der Waals surface area contributed by atoms with E-state index in [0.717, 1.165) is 0 Å². The molecule has 5 heteroatoms. The van der Waals surface area contributed by atoms with Crippen molar-refractivity contribution in [2.75, 3.05) is 13.1 Å². The summed E-state index contributed by atoms with van der Waals surface area (Å²) in [5, 5.41) is 16.6. The molecule has 0 spiro atoms. The standard InChI is InChI=1S/C12H20N2O2S/c1-9(11-4-3-7-17-11)8-14-12(16)13-6-5-10(2)15/h3-4,7,9-10,15H,5-6,8H2,1-2H3,(H2,13,14,16). The topological polar surface area (TPSA) is 61.4 Å². The van der Waals surface area contributed by atoms with E-state index in [1.807, 2.05) is 11.4 Å². The summed E-state index contributed by atoms with van der Waals surface area (Å²) in [4.78, 5) is 12.7. The van der Waals surface area contributed by atoms with Crippen LogP contribution in [0.5, 0.6) is 0 Å². The number of urea groups is 1. The Labute approximate surface area is 106 Å². The molecule has 0 aliphatic rings. The highest BCUT2D eigenvalue weighted by molar-refractivity contribution is 7.10. The number of amides is 2. The molecule has 2 atom stereocenters. The molecule has 2 amide bonds. The molecule has 2 unspecified atom stereocenters. The summed E-state index contributed by atoms with van der Waals surface area (Å²) in [6, 6.07) is 3.91. The fraction of sp³-hybridized carbons (Fsp3) is 0.583. The molecule has 17 heavy (non-hydrogen) atoms. The SMILES string of the molecule is CC(O)CCNC(=O)NCC(C)c1cccs1. The molecule has 0 saturated heterocycles. The molecule has 0 fully saturated rings. The fourth-order valence-corrected chi connectivity index (χ4v) is 2.16. The van der Waals surface area contributed by atoms with Crippen molar-refractivity contribution >= 4 is 17.4 Å². The number of rotatable bonds is 6. The van der Waals surface area contributed by atoms with Gasteiger partial charge in [-0.1, -0.05) is 13.0 Å². The van der Waals surface area contributed by atoms with Crippen molar-refractivity contribution in [1.82, 2.24) is 10.6 Å². The van der Waals surface area contributed by atoms with E-state index in [9.17, 15) is 4.79 Å². The van der Waals surface area contributed by atoms with Crippen LogP contribution in [-0.4, -0.2) is 30.3 Å². The van der Waals surface area contributed by atoms with Gasteiger partial charge in [0, 0.05) is 23.9 Å². The largest absolute Gasteiger partial charge is 0.393 e. The number of carbonyl (C=O) groups excluding carboxylic acids is 1. The molecule has 1 aromatic rings. The fourth-order valence-electron chi connectivity index (χ4n) is 1.38. The molecule has 0 saturated carbocycles. The van der Waals surface area contributed by atoms with Crippen molar-refractivity contribution in [1.29, 1.82) is 0 Å². The van der Waals surface area contributed by atoms with E-state index in [-0.39, 0.29) is 12.1 Å². The number of aliphatic hydroxyl groups excluding tert-OH is 1. The zero-order chi connectivity index (χ0) is 12.7. The highest BCUT2D eigenvalue weighted by Gasteiger charge is 2.08. The molecule has 0 aromatic carbocycles. The molecule has 4 nitrogen and oxygen atoms in total. The summed E-state index contributed by atoms with van der Waals surface area (Å²) in [7, 11) is 0. The van der Waals surface area contributed by atoms with Crippen LogP contribution >= 0.6 is 11.3 Å². The van der Waals surface area contributed by atoms with Gasteiger partial charge in [0.15, 0.2) is 0 Å². The second-order valence-corrected chi connectivity index (χ2v) is 5.17. The smallest absolute Gasteiger partial charge is 0.314 e.